The summed E-state index contributed by atoms with van der Waals surface area (Å²) in [6.45, 7) is 3.95. The molecular formula is C15H16N4OS. The molecule has 3 rings (SSSR count). The predicted octanol–water partition coefficient (Wildman–Crippen LogP) is 2.58. The molecule has 2 aromatic rings. The van der Waals surface area contributed by atoms with Gasteiger partial charge in [-0.1, -0.05) is 12.2 Å². The molecule has 0 radical (unpaired) electrons. The smallest absolute Gasteiger partial charge is 0.277 e. The first-order chi connectivity index (χ1) is 10.1. The lowest BCUT2D eigenvalue weighted by Gasteiger charge is -2.26. The molecule has 0 aliphatic carbocycles. The van der Waals surface area contributed by atoms with E-state index in [4.69, 9.17) is 5.73 Å². The molecule has 1 aliphatic rings. The van der Waals surface area contributed by atoms with Crippen molar-refractivity contribution in [2.45, 2.75) is 25.9 Å². The minimum Gasteiger partial charge on any atom is -0.382 e. The van der Waals surface area contributed by atoms with Gasteiger partial charge in [-0.15, -0.1) is 0 Å². The van der Waals surface area contributed by atoms with Crippen molar-refractivity contribution in [1.29, 1.82) is 0 Å². The molecule has 21 heavy (non-hydrogen) atoms. The molecule has 3 heterocycles. The number of anilines is 1. The third-order valence-corrected chi connectivity index (χ3v) is 4.28. The molecule has 108 valence electrons. The van der Waals surface area contributed by atoms with Gasteiger partial charge in [-0.3, -0.25) is 4.79 Å². The second-order valence-electron chi connectivity index (χ2n) is 5.08. The van der Waals surface area contributed by atoms with Crippen molar-refractivity contribution in [1.82, 2.24) is 14.9 Å². The number of rotatable bonds is 2. The highest BCUT2D eigenvalue weighted by Crippen LogP contribution is 2.24. The molecular weight excluding hydrogens is 284 g/mol. The topological polar surface area (TPSA) is 72.1 Å². The van der Waals surface area contributed by atoms with Crippen LogP contribution in [0.15, 0.2) is 35.2 Å². The molecule has 1 aliphatic heterocycles. The highest BCUT2D eigenvalue weighted by atomic mass is 32.1. The summed E-state index contributed by atoms with van der Waals surface area (Å²) < 4.78 is 0. The first kappa shape index (κ1) is 13.8. The maximum atomic E-state index is 12.7. The van der Waals surface area contributed by atoms with Crippen molar-refractivity contribution in [3.05, 3.63) is 40.9 Å². The highest BCUT2D eigenvalue weighted by Gasteiger charge is 2.30. The van der Waals surface area contributed by atoms with Crippen molar-refractivity contribution in [2.75, 3.05) is 5.73 Å². The van der Waals surface area contributed by atoms with Gasteiger partial charge >= 0.3 is 0 Å². The number of nitrogens with two attached hydrogens (primary N) is 1. The molecule has 2 atom stereocenters. The van der Waals surface area contributed by atoms with Crippen LogP contribution in [0.4, 0.5) is 5.82 Å². The Labute approximate surface area is 127 Å². The van der Waals surface area contributed by atoms with Crippen LogP contribution in [0.3, 0.4) is 0 Å². The summed E-state index contributed by atoms with van der Waals surface area (Å²) in [4.78, 5) is 23.0. The van der Waals surface area contributed by atoms with Gasteiger partial charge in [0.2, 0.25) is 0 Å². The van der Waals surface area contributed by atoms with Gasteiger partial charge in [-0.05, 0) is 25.3 Å². The Morgan fingerprint density at radius 2 is 2.05 bits per heavy atom. The van der Waals surface area contributed by atoms with Crippen molar-refractivity contribution in [3.8, 4) is 11.3 Å². The van der Waals surface area contributed by atoms with Gasteiger partial charge in [0.1, 0.15) is 0 Å². The number of aromatic nitrogens is 2. The number of thiophene rings is 1. The maximum absolute atomic E-state index is 12.7. The molecule has 2 aromatic heterocycles. The average Bonchev–Trinajstić information content (AvgIpc) is 3.09. The van der Waals surface area contributed by atoms with Crippen LogP contribution in [0.5, 0.6) is 0 Å². The zero-order chi connectivity index (χ0) is 15.0. The summed E-state index contributed by atoms with van der Waals surface area (Å²) in [7, 11) is 0. The van der Waals surface area contributed by atoms with Crippen LogP contribution < -0.4 is 5.73 Å². The van der Waals surface area contributed by atoms with Crippen LogP contribution in [-0.4, -0.2) is 32.9 Å². The van der Waals surface area contributed by atoms with Crippen molar-refractivity contribution >= 4 is 23.1 Å². The summed E-state index contributed by atoms with van der Waals surface area (Å²) in [5.74, 6) is -0.00707. The maximum Gasteiger partial charge on any atom is 0.277 e. The second kappa shape index (κ2) is 5.29. The van der Waals surface area contributed by atoms with E-state index in [0.29, 0.717) is 5.69 Å². The van der Waals surface area contributed by atoms with E-state index < -0.39 is 0 Å². The van der Waals surface area contributed by atoms with Crippen molar-refractivity contribution in [2.24, 2.45) is 0 Å². The van der Waals surface area contributed by atoms with E-state index in [1.807, 2.05) is 42.8 Å². The van der Waals surface area contributed by atoms with Crippen LogP contribution in [-0.2, 0) is 0 Å². The number of hydrogen-bond acceptors (Lipinski definition) is 5. The van der Waals surface area contributed by atoms with Crippen LogP contribution >= 0.6 is 11.3 Å². The number of nitrogens with zero attached hydrogens (tertiary/aromatic N) is 3. The van der Waals surface area contributed by atoms with E-state index in [-0.39, 0.29) is 29.5 Å². The van der Waals surface area contributed by atoms with Gasteiger partial charge in [-0.25, -0.2) is 9.97 Å². The minimum absolute atomic E-state index is 0.0403. The SMILES string of the molecule is C[C@H]1C=C[C@H](C)N1C(=O)c1nc(-c2ccsc2)cnc1N. The molecule has 0 fully saturated rings. The normalized spacial score (nSPS) is 21.0. The van der Waals surface area contributed by atoms with E-state index >= 15 is 0 Å². The lowest BCUT2D eigenvalue weighted by Crippen LogP contribution is -2.40. The van der Waals surface area contributed by atoms with E-state index in [2.05, 4.69) is 9.97 Å². The van der Waals surface area contributed by atoms with Gasteiger partial charge in [0.15, 0.2) is 11.5 Å². The van der Waals surface area contributed by atoms with Crippen LogP contribution in [0, 0.1) is 0 Å². The number of carbonyl (C=O) groups excluding carboxylic acids is 1. The third-order valence-electron chi connectivity index (χ3n) is 3.60. The molecule has 0 bridgehead atoms. The average molecular weight is 300 g/mol. The lowest BCUT2D eigenvalue weighted by atomic mass is 10.2. The Hall–Kier alpha value is -2.21. The molecule has 0 spiro atoms. The van der Waals surface area contributed by atoms with Gasteiger partial charge < -0.3 is 10.6 Å². The van der Waals surface area contributed by atoms with E-state index in [9.17, 15) is 4.79 Å². The molecule has 0 unspecified atom stereocenters. The molecule has 0 aromatic carbocycles. The first-order valence-corrected chi connectivity index (χ1v) is 7.68. The van der Waals surface area contributed by atoms with Gasteiger partial charge in [-0.2, -0.15) is 11.3 Å². The van der Waals surface area contributed by atoms with Crippen molar-refractivity contribution < 1.29 is 4.79 Å². The third kappa shape index (κ3) is 2.42. The van der Waals surface area contributed by atoms with Gasteiger partial charge in [0.05, 0.1) is 11.9 Å². The Bertz CT molecular complexity index is 684. The monoisotopic (exact) mass is 300 g/mol. The fraction of sp³-hybridized carbons (Fsp3) is 0.267. The zero-order valence-electron chi connectivity index (χ0n) is 11.9. The van der Waals surface area contributed by atoms with Crippen LogP contribution in [0.25, 0.3) is 11.3 Å². The lowest BCUT2D eigenvalue weighted by molar-refractivity contribution is 0.0704. The Morgan fingerprint density at radius 3 is 2.67 bits per heavy atom. The molecule has 6 heteroatoms. The highest BCUT2D eigenvalue weighted by molar-refractivity contribution is 7.08. The van der Waals surface area contributed by atoms with E-state index in [1.54, 1.807) is 22.4 Å². The predicted molar refractivity (Wildman–Crippen MR) is 84.0 cm³/mol. The number of nitrogen functional groups attached to an aromatic ring is 1. The molecule has 5 nitrogen and oxygen atoms in total. The Balaban J connectivity index is 1.98. The quantitative estimate of drug-likeness (QED) is 0.865. The fourth-order valence-corrected chi connectivity index (χ4v) is 3.12. The number of amides is 1. The standard InChI is InChI=1S/C15H16N4OS/c1-9-3-4-10(2)19(9)15(20)13-14(16)17-7-12(18-13)11-5-6-21-8-11/h3-10H,1-2H3,(H2,16,17)/t9-,10-/m0/s1. The number of carbonyl (C=O) groups is 1. The van der Waals surface area contributed by atoms with E-state index in [1.165, 1.54) is 0 Å². The van der Waals surface area contributed by atoms with Gasteiger partial charge in [0.25, 0.3) is 5.91 Å². The van der Waals surface area contributed by atoms with Crippen molar-refractivity contribution in [3.63, 3.8) is 0 Å². The Kier molecular flexibility index (Phi) is 3.47. The first-order valence-electron chi connectivity index (χ1n) is 6.74. The Morgan fingerprint density at radius 1 is 1.33 bits per heavy atom. The van der Waals surface area contributed by atoms with Gasteiger partial charge in [0, 0.05) is 23.0 Å². The molecule has 1 amide bonds. The van der Waals surface area contributed by atoms with Crippen LogP contribution in [0.2, 0.25) is 0 Å². The second-order valence-corrected chi connectivity index (χ2v) is 5.86. The summed E-state index contributed by atoms with van der Waals surface area (Å²) in [6, 6.07) is 2.03. The largest absolute Gasteiger partial charge is 0.382 e. The molecule has 2 N–H and O–H groups in total. The zero-order valence-corrected chi connectivity index (χ0v) is 12.7. The van der Waals surface area contributed by atoms with Crippen LogP contribution in [0.1, 0.15) is 24.3 Å². The minimum atomic E-state index is -0.179. The summed E-state index contributed by atoms with van der Waals surface area (Å²) in [5.41, 5.74) is 7.70. The fourth-order valence-electron chi connectivity index (χ4n) is 2.48. The molecule has 0 saturated heterocycles. The number of hydrogen-bond donors (Lipinski definition) is 1. The molecule has 0 saturated carbocycles. The van der Waals surface area contributed by atoms with E-state index in [0.717, 1.165) is 5.56 Å². The summed E-state index contributed by atoms with van der Waals surface area (Å²) in [6.07, 6.45) is 5.62. The summed E-state index contributed by atoms with van der Waals surface area (Å²) in [5, 5.41) is 3.93. The summed E-state index contributed by atoms with van der Waals surface area (Å²) >= 11 is 1.57.